The van der Waals surface area contributed by atoms with Crippen molar-refractivity contribution in [2.24, 2.45) is 40.4 Å². The molecule has 0 aromatic rings. The van der Waals surface area contributed by atoms with E-state index in [-0.39, 0.29) is 46.3 Å². The average Bonchev–Trinajstić information content (AvgIpc) is 3.63. The minimum absolute atomic E-state index is 0.0706. The van der Waals surface area contributed by atoms with Gasteiger partial charge in [-0.25, -0.2) is 0 Å². The third-order valence-corrected chi connectivity index (χ3v) is 12.8. The van der Waals surface area contributed by atoms with Crippen molar-refractivity contribution in [3.63, 3.8) is 0 Å². The highest BCUT2D eigenvalue weighted by atomic mass is 16.7. The third-order valence-electron chi connectivity index (χ3n) is 12.8. The molecular weight excluding hydrogens is 440 g/mol. The largest absolute Gasteiger partial charge is 0.462 e. The monoisotopic (exact) mass is 488 g/mol. The SMILES string of the molecule is CC(=O)O[C@@H]1CC[C@@]2(C)[C@](O)(C1)C[C@H]1O[C@@]13[C@H]1CC[C@@H]([C@H](C)CC[C@H](C)C(C)C)[C@@]1(C)C[C@H]1O[C@@]132. The molecule has 2 saturated heterocycles. The highest BCUT2D eigenvalue weighted by molar-refractivity contribution is 5.66. The quantitative estimate of drug-likeness (QED) is 0.386. The lowest BCUT2D eigenvalue weighted by atomic mass is 9.42. The van der Waals surface area contributed by atoms with E-state index in [0.717, 1.165) is 42.9 Å². The molecule has 6 aliphatic rings. The number of hydrogen-bond donors (Lipinski definition) is 1. The lowest BCUT2D eigenvalue weighted by Crippen LogP contribution is -2.72. The maximum atomic E-state index is 12.1. The number of ether oxygens (including phenoxy) is 3. The summed E-state index contributed by atoms with van der Waals surface area (Å²) in [4.78, 5) is 11.6. The molecule has 0 radical (unpaired) electrons. The van der Waals surface area contributed by atoms with Crippen LogP contribution < -0.4 is 0 Å². The van der Waals surface area contributed by atoms with Gasteiger partial charge in [-0.2, -0.15) is 0 Å². The second-order valence-electron chi connectivity index (χ2n) is 14.5. The summed E-state index contributed by atoms with van der Waals surface area (Å²) in [6, 6.07) is 0. The van der Waals surface area contributed by atoms with E-state index in [1.807, 2.05) is 0 Å². The van der Waals surface area contributed by atoms with Gasteiger partial charge >= 0.3 is 5.97 Å². The average molecular weight is 489 g/mol. The molecule has 4 saturated carbocycles. The zero-order valence-corrected chi connectivity index (χ0v) is 23.1. The van der Waals surface area contributed by atoms with Crippen molar-refractivity contribution in [1.82, 2.24) is 0 Å². The fourth-order valence-electron chi connectivity index (χ4n) is 10.4. The first-order valence-corrected chi connectivity index (χ1v) is 14.6. The van der Waals surface area contributed by atoms with Crippen LogP contribution in [0.25, 0.3) is 0 Å². The smallest absolute Gasteiger partial charge is 0.302 e. The Bertz CT molecular complexity index is 903. The number of epoxide rings is 2. The van der Waals surface area contributed by atoms with E-state index < -0.39 is 5.60 Å². The molecule has 2 spiro atoms. The van der Waals surface area contributed by atoms with Crippen LogP contribution in [0.5, 0.6) is 0 Å². The van der Waals surface area contributed by atoms with Gasteiger partial charge in [0, 0.05) is 25.2 Å². The molecule has 0 aromatic carbocycles. The van der Waals surface area contributed by atoms with E-state index in [2.05, 4.69) is 41.5 Å². The molecule has 35 heavy (non-hydrogen) atoms. The van der Waals surface area contributed by atoms with Crippen LogP contribution >= 0.6 is 0 Å². The number of esters is 1. The van der Waals surface area contributed by atoms with Crippen molar-refractivity contribution in [2.75, 3.05) is 0 Å². The predicted molar refractivity (Wildman–Crippen MR) is 134 cm³/mol. The molecule has 1 N–H and O–H groups in total. The summed E-state index contributed by atoms with van der Waals surface area (Å²) in [5, 5.41) is 12.1. The van der Waals surface area contributed by atoms with Crippen LogP contribution in [-0.4, -0.2) is 46.2 Å². The van der Waals surface area contributed by atoms with E-state index in [4.69, 9.17) is 14.2 Å². The summed E-state index contributed by atoms with van der Waals surface area (Å²) in [7, 11) is 0. The maximum absolute atomic E-state index is 12.1. The molecule has 0 bridgehead atoms. The topological polar surface area (TPSA) is 71.6 Å². The lowest BCUT2D eigenvalue weighted by Gasteiger charge is -2.60. The van der Waals surface area contributed by atoms with Crippen LogP contribution in [0.4, 0.5) is 0 Å². The summed E-state index contributed by atoms with van der Waals surface area (Å²) in [6.45, 7) is 15.9. The van der Waals surface area contributed by atoms with Crippen LogP contribution in [0.3, 0.4) is 0 Å². The summed E-state index contributed by atoms with van der Waals surface area (Å²) in [5.41, 5.74) is -1.60. The van der Waals surface area contributed by atoms with Gasteiger partial charge in [-0.3, -0.25) is 4.79 Å². The molecule has 0 unspecified atom stereocenters. The van der Waals surface area contributed by atoms with Crippen molar-refractivity contribution in [1.29, 1.82) is 0 Å². The van der Waals surface area contributed by atoms with E-state index in [1.54, 1.807) is 0 Å². The molecule has 198 valence electrons. The first kappa shape index (κ1) is 24.7. The Morgan fingerprint density at radius 2 is 1.74 bits per heavy atom. The molecule has 5 heteroatoms. The number of carbonyl (C=O) groups excluding carboxylic acids is 1. The van der Waals surface area contributed by atoms with Gasteiger partial charge in [0.25, 0.3) is 0 Å². The van der Waals surface area contributed by atoms with Gasteiger partial charge in [0.2, 0.25) is 0 Å². The molecule has 0 aromatic heterocycles. The number of rotatable bonds is 6. The molecule has 0 amide bonds. The Labute approximate surface area is 212 Å². The molecule has 2 aliphatic heterocycles. The summed E-state index contributed by atoms with van der Waals surface area (Å²) in [6.07, 6.45) is 9.09. The number of hydrogen-bond acceptors (Lipinski definition) is 5. The van der Waals surface area contributed by atoms with Gasteiger partial charge in [-0.15, -0.1) is 0 Å². The summed E-state index contributed by atoms with van der Waals surface area (Å²) in [5.74, 6) is 3.24. The number of aliphatic hydroxyl groups is 1. The molecule has 6 rings (SSSR count). The first-order valence-electron chi connectivity index (χ1n) is 14.6. The molecular formula is C30H48O5. The van der Waals surface area contributed by atoms with E-state index >= 15 is 0 Å². The minimum Gasteiger partial charge on any atom is -0.462 e. The molecule has 4 aliphatic carbocycles. The highest BCUT2D eigenvalue weighted by Gasteiger charge is 2.96. The van der Waals surface area contributed by atoms with Crippen LogP contribution in [0.2, 0.25) is 0 Å². The third kappa shape index (κ3) is 2.95. The van der Waals surface area contributed by atoms with E-state index in [9.17, 15) is 9.90 Å². The Morgan fingerprint density at radius 3 is 2.43 bits per heavy atom. The fraction of sp³-hybridized carbons (Fsp3) is 0.967. The standard InChI is InChI=1S/C30H48O5/c1-17(2)18(3)8-9-19(4)22-10-11-23-26(22,6)15-25-30(35-25)27(7)13-12-21(33-20(5)31)14-28(27,32)16-24-29(23,30)34-24/h17-19,21-25,32H,8-16H2,1-7H3/t18-,19+,21+,22-,23-,24+,25+,26+,27-,28-,29-,30+/m0/s1. The van der Waals surface area contributed by atoms with Crippen LogP contribution in [0, 0.1) is 40.4 Å². The van der Waals surface area contributed by atoms with Crippen LogP contribution in [0.1, 0.15) is 106 Å². The Balaban J connectivity index is 1.26. The fourth-order valence-corrected chi connectivity index (χ4v) is 10.4. The van der Waals surface area contributed by atoms with Crippen molar-refractivity contribution < 1.29 is 24.1 Å². The molecule has 6 fully saturated rings. The second kappa shape index (κ2) is 7.47. The molecule has 12 atom stereocenters. The van der Waals surface area contributed by atoms with Crippen molar-refractivity contribution in [3.05, 3.63) is 0 Å². The summed E-state index contributed by atoms with van der Waals surface area (Å²) >= 11 is 0. The summed E-state index contributed by atoms with van der Waals surface area (Å²) < 4.78 is 19.2. The van der Waals surface area contributed by atoms with Crippen LogP contribution in [-0.2, 0) is 19.0 Å². The lowest BCUT2D eigenvalue weighted by molar-refractivity contribution is -0.209. The van der Waals surface area contributed by atoms with Crippen molar-refractivity contribution in [2.45, 2.75) is 141 Å². The van der Waals surface area contributed by atoms with E-state index in [0.29, 0.717) is 18.8 Å². The Morgan fingerprint density at radius 1 is 1.00 bits per heavy atom. The predicted octanol–water partition coefficient (Wildman–Crippen LogP) is 5.66. The minimum atomic E-state index is -0.906. The van der Waals surface area contributed by atoms with Gasteiger partial charge in [0.15, 0.2) is 0 Å². The molecule has 2 heterocycles. The van der Waals surface area contributed by atoms with Gasteiger partial charge in [-0.1, -0.05) is 54.4 Å². The normalized spacial score (nSPS) is 55.1. The zero-order chi connectivity index (χ0) is 25.2. The molecule has 5 nitrogen and oxygen atoms in total. The van der Waals surface area contributed by atoms with Gasteiger partial charge in [0.05, 0.1) is 17.8 Å². The highest BCUT2D eigenvalue weighted by Crippen LogP contribution is 2.84. The van der Waals surface area contributed by atoms with Gasteiger partial charge in [-0.05, 0) is 67.1 Å². The van der Waals surface area contributed by atoms with Crippen molar-refractivity contribution in [3.8, 4) is 0 Å². The first-order chi connectivity index (χ1) is 16.3. The van der Waals surface area contributed by atoms with Crippen LogP contribution in [0.15, 0.2) is 0 Å². The van der Waals surface area contributed by atoms with Crippen molar-refractivity contribution >= 4 is 5.97 Å². The van der Waals surface area contributed by atoms with E-state index in [1.165, 1.54) is 32.6 Å². The maximum Gasteiger partial charge on any atom is 0.302 e. The second-order valence-corrected chi connectivity index (χ2v) is 14.5. The Hall–Kier alpha value is -0.650. The van der Waals surface area contributed by atoms with Gasteiger partial charge < -0.3 is 19.3 Å². The van der Waals surface area contributed by atoms with Gasteiger partial charge in [0.1, 0.15) is 17.3 Å². The Kier molecular flexibility index (Phi) is 5.27. The number of fused-ring (bicyclic) bond motifs is 2. The zero-order valence-electron chi connectivity index (χ0n) is 23.1. The number of carbonyl (C=O) groups is 1.